The van der Waals surface area contributed by atoms with Gasteiger partial charge in [0.2, 0.25) is 0 Å². The van der Waals surface area contributed by atoms with E-state index in [1.54, 1.807) is 36.4 Å². The van der Waals surface area contributed by atoms with Gasteiger partial charge >= 0.3 is 0 Å². The average molecular weight is 613 g/mol. The van der Waals surface area contributed by atoms with E-state index in [1.807, 2.05) is 11.0 Å². The molecule has 3 aliphatic rings. The molecule has 0 bridgehead atoms. The molecule has 2 atom stereocenters. The van der Waals surface area contributed by atoms with Crippen LogP contribution in [0.3, 0.4) is 0 Å². The second-order valence-electron chi connectivity index (χ2n) is 11.0. The van der Waals surface area contributed by atoms with Gasteiger partial charge < -0.3 is 9.64 Å². The van der Waals surface area contributed by atoms with E-state index in [2.05, 4.69) is 0 Å². The number of rotatable bonds is 7. The van der Waals surface area contributed by atoms with Crippen LogP contribution in [0, 0.1) is 36.3 Å². The maximum Gasteiger partial charge on any atom is 0.293 e. The summed E-state index contributed by atoms with van der Waals surface area (Å²) in [6.45, 7) is 1.86. The summed E-state index contributed by atoms with van der Waals surface area (Å²) in [6.07, 6.45) is 4.05. The highest BCUT2D eigenvalue weighted by molar-refractivity contribution is 6.09. The van der Waals surface area contributed by atoms with E-state index in [1.165, 1.54) is 35.3 Å². The van der Waals surface area contributed by atoms with E-state index in [0.717, 1.165) is 17.6 Å². The normalized spacial score (nSPS) is 20.4. The van der Waals surface area contributed by atoms with Crippen molar-refractivity contribution in [2.45, 2.75) is 25.3 Å². The largest absolute Gasteiger partial charge is 0.378 e. The second-order valence-corrected chi connectivity index (χ2v) is 11.0. The number of anilines is 1. The summed E-state index contributed by atoms with van der Waals surface area (Å²) in [6, 6.07) is 15.9. The predicted octanol–water partition coefficient (Wildman–Crippen LogP) is 5.68. The number of allylic oxidation sites excluding steroid dienone is 1. The van der Waals surface area contributed by atoms with Crippen LogP contribution in [0.2, 0.25) is 0 Å². The first-order valence-corrected chi connectivity index (χ1v) is 14.4. The van der Waals surface area contributed by atoms with Crippen LogP contribution in [-0.2, 0) is 4.74 Å². The van der Waals surface area contributed by atoms with Gasteiger partial charge in [0.05, 0.1) is 39.7 Å². The van der Waals surface area contributed by atoms with Crippen LogP contribution in [0.1, 0.15) is 46.8 Å². The quantitative estimate of drug-likeness (QED) is 0.240. The minimum absolute atomic E-state index is 0.0272. The topological polar surface area (TPSA) is 175 Å². The summed E-state index contributed by atoms with van der Waals surface area (Å²) in [5.74, 6) is -0.775. The molecule has 3 aromatic rings. The van der Waals surface area contributed by atoms with Crippen molar-refractivity contribution in [2.75, 3.05) is 31.2 Å². The summed E-state index contributed by atoms with van der Waals surface area (Å²) < 4.78 is 5.38. The molecule has 2 fully saturated rings. The number of nitro benzene ring substituents is 3. The van der Waals surface area contributed by atoms with Gasteiger partial charge in [-0.1, -0.05) is 12.1 Å². The van der Waals surface area contributed by atoms with Crippen molar-refractivity contribution in [3.05, 3.63) is 119 Å². The van der Waals surface area contributed by atoms with Crippen molar-refractivity contribution in [3.63, 3.8) is 0 Å². The zero-order valence-corrected chi connectivity index (χ0v) is 24.0. The SMILES string of the molecule is O=C(c1ccc(N2CCOCC2)c([N+](=O)[O-])c1)N1N=C2C(=Cc3ccc([N+](=O)[O-])cc3)CCCC2C1c1ccc([N+](=O)[O-])cc1. The monoisotopic (exact) mass is 612 g/mol. The summed E-state index contributed by atoms with van der Waals surface area (Å²) in [4.78, 5) is 49.1. The Morgan fingerprint density at radius 3 is 2.13 bits per heavy atom. The molecule has 2 heterocycles. The molecular weight excluding hydrogens is 584 g/mol. The maximum atomic E-state index is 14.1. The van der Waals surface area contributed by atoms with Gasteiger partial charge in [0.25, 0.3) is 23.0 Å². The van der Waals surface area contributed by atoms with E-state index >= 15 is 0 Å². The number of hydrogen-bond donors (Lipinski definition) is 0. The molecule has 0 N–H and O–H groups in total. The Balaban J connectivity index is 1.40. The molecule has 230 valence electrons. The standard InChI is InChI=1S/C31H28N6O8/c38-31(23-8-13-27(28(19-23)37(43)44)33-14-16-45-17-15-33)34-30(21-6-11-25(12-7-21)36(41)42)26-3-1-2-22(29(26)32-34)18-20-4-9-24(10-5-20)35(39)40/h4-13,18-19,26,30H,1-3,14-17H2. The van der Waals surface area contributed by atoms with E-state index < -0.39 is 26.7 Å². The van der Waals surface area contributed by atoms with E-state index in [-0.39, 0.29) is 28.5 Å². The third-order valence-corrected chi connectivity index (χ3v) is 8.37. The predicted molar refractivity (Wildman–Crippen MR) is 164 cm³/mol. The number of hydrogen-bond acceptors (Lipinski definition) is 10. The van der Waals surface area contributed by atoms with Crippen LogP contribution in [0.25, 0.3) is 6.08 Å². The molecule has 14 heteroatoms. The highest BCUT2D eigenvalue weighted by Crippen LogP contribution is 2.45. The van der Waals surface area contributed by atoms with Crippen LogP contribution in [0.5, 0.6) is 0 Å². The number of fused-ring (bicyclic) bond motifs is 1. The van der Waals surface area contributed by atoms with Gasteiger partial charge in [0.1, 0.15) is 5.69 Å². The number of ether oxygens (including phenoxy) is 1. The zero-order chi connectivity index (χ0) is 31.7. The molecule has 6 rings (SSSR count). The summed E-state index contributed by atoms with van der Waals surface area (Å²) >= 11 is 0. The van der Waals surface area contributed by atoms with Gasteiger partial charge in [-0.15, -0.1) is 0 Å². The van der Waals surface area contributed by atoms with Gasteiger partial charge in [-0.3, -0.25) is 35.1 Å². The lowest BCUT2D eigenvalue weighted by molar-refractivity contribution is -0.385. The van der Waals surface area contributed by atoms with Crippen LogP contribution in [-0.4, -0.2) is 57.7 Å². The summed E-state index contributed by atoms with van der Waals surface area (Å²) in [7, 11) is 0. The first-order valence-electron chi connectivity index (χ1n) is 14.4. The van der Waals surface area contributed by atoms with Gasteiger partial charge in [-0.05, 0) is 66.3 Å². The number of carbonyl (C=O) groups excluding carboxylic acids is 1. The van der Waals surface area contributed by atoms with Crippen LogP contribution in [0.15, 0.2) is 77.4 Å². The lowest BCUT2D eigenvalue weighted by Crippen LogP contribution is -2.36. The third kappa shape index (κ3) is 5.87. The Kier molecular flexibility index (Phi) is 8.04. The molecule has 2 aliphatic heterocycles. The molecule has 0 radical (unpaired) electrons. The van der Waals surface area contributed by atoms with Gasteiger partial charge in [-0.2, -0.15) is 5.10 Å². The van der Waals surface area contributed by atoms with E-state index in [4.69, 9.17) is 9.84 Å². The molecule has 1 saturated carbocycles. The molecule has 0 aromatic heterocycles. The minimum Gasteiger partial charge on any atom is -0.378 e. The number of non-ortho nitro benzene ring substituents is 2. The fraction of sp³-hybridized carbons (Fsp3) is 0.290. The van der Waals surface area contributed by atoms with Crippen molar-refractivity contribution in [1.29, 1.82) is 0 Å². The summed E-state index contributed by atoms with van der Waals surface area (Å²) in [5, 5.41) is 40.7. The van der Waals surface area contributed by atoms with Crippen molar-refractivity contribution in [3.8, 4) is 0 Å². The van der Waals surface area contributed by atoms with Crippen molar-refractivity contribution in [2.24, 2.45) is 11.0 Å². The number of benzene rings is 3. The molecule has 14 nitrogen and oxygen atoms in total. The zero-order valence-electron chi connectivity index (χ0n) is 24.0. The van der Waals surface area contributed by atoms with Gasteiger partial charge in [-0.25, -0.2) is 5.01 Å². The van der Waals surface area contributed by atoms with Crippen molar-refractivity contribution < 1.29 is 24.3 Å². The smallest absolute Gasteiger partial charge is 0.293 e. The number of morpholine rings is 1. The fourth-order valence-electron chi connectivity index (χ4n) is 6.19. The number of nitrogens with zero attached hydrogens (tertiary/aromatic N) is 6. The first kappa shape index (κ1) is 29.6. The van der Waals surface area contributed by atoms with Crippen molar-refractivity contribution >= 4 is 40.4 Å². The Bertz CT molecular complexity index is 1730. The molecule has 3 aromatic carbocycles. The Morgan fingerprint density at radius 1 is 0.867 bits per heavy atom. The summed E-state index contributed by atoms with van der Waals surface area (Å²) in [5.41, 5.74) is 3.12. The average Bonchev–Trinajstić information content (AvgIpc) is 3.45. The van der Waals surface area contributed by atoms with Gasteiger partial charge in [0.15, 0.2) is 0 Å². The lowest BCUT2D eigenvalue weighted by Gasteiger charge is -2.30. The van der Waals surface area contributed by atoms with E-state index in [9.17, 15) is 35.1 Å². The van der Waals surface area contributed by atoms with Crippen LogP contribution >= 0.6 is 0 Å². The second kappa shape index (κ2) is 12.2. The Hall–Kier alpha value is -5.50. The molecule has 45 heavy (non-hydrogen) atoms. The minimum atomic E-state index is -0.605. The van der Waals surface area contributed by atoms with Crippen LogP contribution in [0.4, 0.5) is 22.7 Å². The highest BCUT2D eigenvalue weighted by atomic mass is 16.6. The maximum absolute atomic E-state index is 14.1. The Morgan fingerprint density at radius 2 is 1.51 bits per heavy atom. The first-order chi connectivity index (χ1) is 21.7. The molecule has 1 aliphatic carbocycles. The third-order valence-electron chi connectivity index (χ3n) is 8.37. The Labute approximate surface area is 256 Å². The van der Waals surface area contributed by atoms with E-state index in [0.29, 0.717) is 56.1 Å². The molecular formula is C31H28N6O8. The molecule has 0 spiro atoms. The number of nitro groups is 3. The fourth-order valence-corrected chi connectivity index (χ4v) is 6.19. The van der Waals surface area contributed by atoms with Gasteiger partial charge in [0, 0.05) is 54.9 Å². The molecule has 1 saturated heterocycles. The number of carbonyl (C=O) groups is 1. The lowest BCUT2D eigenvalue weighted by atomic mass is 9.77. The van der Waals surface area contributed by atoms with Crippen molar-refractivity contribution in [1.82, 2.24) is 5.01 Å². The number of hydrazone groups is 1. The molecule has 2 unspecified atom stereocenters. The van der Waals surface area contributed by atoms with Crippen LogP contribution < -0.4 is 4.90 Å². The number of amides is 1. The molecule has 1 amide bonds. The highest BCUT2D eigenvalue weighted by Gasteiger charge is 2.44.